The molecule has 4 heteroatoms. The van der Waals surface area contributed by atoms with Gasteiger partial charge in [0.25, 0.3) is 0 Å². The SMILES string of the molecule is CC1C(=O)NC2(CCCCC2)C(=O)N1CC1CCC1. The summed E-state index contributed by atoms with van der Waals surface area (Å²) in [5.41, 5.74) is -0.564. The van der Waals surface area contributed by atoms with E-state index in [0.717, 1.165) is 32.2 Å². The highest BCUT2D eigenvalue weighted by atomic mass is 16.2. The molecule has 3 aliphatic rings. The minimum atomic E-state index is -0.564. The molecule has 1 N–H and O–H groups in total. The summed E-state index contributed by atoms with van der Waals surface area (Å²) >= 11 is 0. The average molecular weight is 264 g/mol. The maximum absolute atomic E-state index is 12.8. The van der Waals surface area contributed by atoms with Crippen LogP contribution in [-0.2, 0) is 9.59 Å². The van der Waals surface area contributed by atoms with Gasteiger partial charge in [-0.25, -0.2) is 0 Å². The molecule has 1 aliphatic heterocycles. The summed E-state index contributed by atoms with van der Waals surface area (Å²) in [4.78, 5) is 26.9. The first-order valence-electron chi connectivity index (χ1n) is 7.75. The van der Waals surface area contributed by atoms with E-state index in [1.54, 1.807) is 0 Å². The Morgan fingerprint density at radius 1 is 1.16 bits per heavy atom. The maximum Gasteiger partial charge on any atom is 0.249 e. The number of hydrogen-bond donors (Lipinski definition) is 1. The van der Waals surface area contributed by atoms with Gasteiger partial charge in [0.1, 0.15) is 11.6 Å². The molecule has 3 rings (SSSR count). The molecule has 19 heavy (non-hydrogen) atoms. The molecular formula is C15H24N2O2. The topological polar surface area (TPSA) is 49.4 Å². The molecule has 1 atom stereocenters. The zero-order chi connectivity index (χ0) is 13.5. The van der Waals surface area contributed by atoms with Crippen molar-refractivity contribution in [2.45, 2.75) is 69.9 Å². The van der Waals surface area contributed by atoms with Crippen molar-refractivity contribution in [2.24, 2.45) is 5.92 Å². The van der Waals surface area contributed by atoms with Crippen LogP contribution >= 0.6 is 0 Å². The number of rotatable bonds is 2. The first kappa shape index (κ1) is 12.9. The van der Waals surface area contributed by atoms with Gasteiger partial charge in [-0.15, -0.1) is 0 Å². The van der Waals surface area contributed by atoms with Crippen molar-refractivity contribution in [3.63, 3.8) is 0 Å². The fourth-order valence-corrected chi connectivity index (χ4v) is 3.67. The smallest absolute Gasteiger partial charge is 0.249 e. The fraction of sp³-hybridized carbons (Fsp3) is 0.867. The summed E-state index contributed by atoms with van der Waals surface area (Å²) in [7, 11) is 0. The van der Waals surface area contributed by atoms with Gasteiger partial charge in [0, 0.05) is 6.54 Å². The Hall–Kier alpha value is -1.06. The summed E-state index contributed by atoms with van der Waals surface area (Å²) < 4.78 is 0. The van der Waals surface area contributed by atoms with Crippen LogP contribution in [0.15, 0.2) is 0 Å². The van der Waals surface area contributed by atoms with E-state index < -0.39 is 5.54 Å². The maximum atomic E-state index is 12.8. The van der Waals surface area contributed by atoms with E-state index >= 15 is 0 Å². The number of carbonyl (C=O) groups excluding carboxylic acids is 2. The van der Waals surface area contributed by atoms with Crippen molar-refractivity contribution >= 4 is 11.8 Å². The Labute approximate surface area is 114 Å². The Morgan fingerprint density at radius 3 is 2.42 bits per heavy atom. The van der Waals surface area contributed by atoms with Crippen LogP contribution in [0.5, 0.6) is 0 Å². The summed E-state index contributed by atoms with van der Waals surface area (Å²) in [6, 6.07) is -0.291. The highest BCUT2D eigenvalue weighted by Crippen LogP contribution is 2.35. The molecule has 2 saturated carbocycles. The minimum absolute atomic E-state index is 0.0424. The molecule has 1 spiro atoms. The van der Waals surface area contributed by atoms with E-state index in [0.29, 0.717) is 5.92 Å². The average Bonchev–Trinajstić information content (AvgIpc) is 2.36. The lowest BCUT2D eigenvalue weighted by atomic mass is 9.77. The fourth-order valence-electron chi connectivity index (χ4n) is 3.67. The van der Waals surface area contributed by atoms with Crippen LogP contribution in [0.2, 0.25) is 0 Å². The third-order valence-electron chi connectivity index (χ3n) is 5.27. The highest BCUT2D eigenvalue weighted by Gasteiger charge is 2.50. The Bertz CT molecular complexity index is 384. The van der Waals surface area contributed by atoms with Crippen molar-refractivity contribution in [2.75, 3.05) is 6.54 Å². The molecule has 0 aromatic heterocycles. The van der Waals surface area contributed by atoms with Crippen LogP contribution in [0.3, 0.4) is 0 Å². The molecule has 2 aliphatic carbocycles. The molecule has 0 aromatic rings. The number of carbonyl (C=O) groups is 2. The predicted molar refractivity (Wildman–Crippen MR) is 72.5 cm³/mol. The molecule has 0 radical (unpaired) electrons. The van der Waals surface area contributed by atoms with E-state index in [1.165, 1.54) is 25.7 Å². The van der Waals surface area contributed by atoms with Crippen LogP contribution in [-0.4, -0.2) is 34.8 Å². The molecule has 0 bridgehead atoms. The lowest BCUT2D eigenvalue weighted by Crippen LogP contribution is -2.70. The van der Waals surface area contributed by atoms with Crippen LogP contribution in [0, 0.1) is 5.92 Å². The molecule has 1 unspecified atom stereocenters. The van der Waals surface area contributed by atoms with Gasteiger partial charge in [-0.1, -0.05) is 25.7 Å². The monoisotopic (exact) mass is 264 g/mol. The number of nitrogens with zero attached hydrogens (tertiary/aromatic N) is 1. The second kappa shape index (κ2) is 4.80. The van der Waals surface area contributed by atoms with Crippen LogP contribution in [0.25, 0.3) is 0 Å². The number of nitrogens with one attached hydrogen (secondary N) is 1. The van der Waals surface area contributed by atoms with Gasteiger partial charge in [0.05, 0.1) is 0 Å². The van der Waals surface area contributed by atoms with Crippen molar-refractivity contribution in [3.8, 4) is 0 Å². The first-order chi connectivity index (χ1) is 9.12. The summed E-state index contributed by atoms with van der Waals surface area (Å²) in [6.07, 6.45) is 8.64. The Morgan fingerprint density at radius 2 is 1.84 bits per heavy atom. The van der Waals surface area contributed by atoms with Gasteiger partial charge >= 0.3 is 0 Å². The van der Waals surface area contributed by atoms with Gasteiger partial charge in [-0.2, -0.15) is 0 Å². The van der Waals surface area contributed by atoms with Crippen molar-refractivity contribution in [3.05, 3.63) is 0 Å². The Kier molecular flexibility index (Phi) is 3.27. The van der Waals surface area contributed by atoms with Gasteiger partial charge in [-0.05, 0) is 38.5 Å². The van der Waals surface area contributed by atoms with E-state index in [4.69, 9.17) is 0 Å². The number of piperazine rings is 1. The lowest BCUT2D eigenvalue weighted by molar-refractivity contribution is -0.157. The van der Waals surface area contributed by atoms with E-state index in [1.807, 2.05) is 11.8 Å². The quantitative estimate of drug-likeness (QED) is 0.827. The molecule has 3 fully saturated rings. The summed E-state index contributed by atoms with van der Waals surface area (Å²) in [6.45, 7) is 2.65. The van der Waals surface area contributed by atoms with E-state index in [-0.39, 0.29) is 17.9 Å². The second-order valence-corrected chi connectivity index (χ2v) is 6.56. The molecule has 1 saturated heterocycles. The normalized spacial score (nSPS) is 31.2. The van der Waals surface area contributed by atoms with Crippen molar-refractivity contribution in [1.29, 1.82) is 0 Å². The highest BCUT2D eigenvalue weighted by molar-refractivity contribution is 5.99. The van der Waals surface area contributed by atoms with E-state index in [2.05, 4.69) is 5.32 Å². The zero-order valence-corrected chi connectivity index (χ0v) is 11.8. The minimum Gasteiger partial charge on any atom is -0.340 e. The largest absolute Gasteiger partial charge is 0.340 e. The summed E-state index contributed by atoms with van der Waals surface area (Å²) in [5.74, 6) is 0.852. The lowest BCUT2D eigenvalue weighted by Gasteiger charge is -2.48. The molecule has 4 nitrogen and oxygen atoms in total. The van der Waals surface area contributed by atoms with Crippen LogP contribution < -0.4 is 5.32 Å². The number of amides is 2. The van der Waals surface area contributed by atoms with Crippen LogP contribution in [0.1, 0.15) is 58.3 Å². The van der Waals surface area contributed by atoms with Crippen molar-refractivity contribution in [1.82, 2.24) is 10.2 Å². The van der Waals surface area contributed by atoms with Gasteiger partial charge in [0.2, 0.25) is 11.8 Å². The molecule has 1 heterocycles. The van der Waals surface area contributed by atoms with Gasteiger partial charge in [-0.3, -0.25) is 9.59 Å². The predicted octanol–water partition coefficient (Wildman–Crippen LogP) is 1.84. The molecular weight excluding hydrogens is 240 g/mol. The molecule has 2 amide bonds. The third kappa shape index (κ3) is 2.15. The van der Waals surface area contributed by atoms with Crippen molar-refractivity contribution < 1.29 is 9.59 Å². The third-order valence-corrected chi connectivity index (χ3v) is 5.27. The molecule has 106 valence electrons. The molecule has 0 aromatic carbocycles. The van der Waals surface area contributed by atoms with Gasteiger partial charge < -0.3 is 10.2 Å². The Balaban J connectivity index is 1.79. The first-order valence-corrected chi connectivity index (χ1v) is 7.75. The van der Waals surface area contributed by atoms with Crippen LogP contribution in [0.4, 0.5) is 0 Å². The zero-order valence-electron chi connectivity index (χ0n) is 11.8. The number of hydrogen-bond acceptors (Lipinski definition) is 2. The van der Waals surface area contributed by atoms with E-state index in [9.17, 15) is 9.59 Å². The standard InChI is InChI=1S/C15H24N2O2/c1-11-13(18)16-15(8-3-2-4-9-15)14(19)17(11)10-12-6-5-7-12/h11-12H,2-10H2,1H3,(H,16,18). The summed E-state index contributed by atoms with van der Waals surface area (Å²) in [5, 5.41) is 3.04. The van der Waals surface area contributed by atoms with Gasteiger partial charge in [0.15, 0.2) is 0 Å². The second-order valence-electron chi connectivity index (χ2n) is 6.56.